The molecule has 0 saturated carbocycles. The Hall–Kier alpha value is -1.26. The summed E-state index contributed by atoms with van der Waals surface area (Å²) < 4.78 is 9.99. The van der Waals surface area contributed by atoms with E-state index in [4.69, 9.17) is 9.47 Å². The largest absolute Gasteiger partial charge is 0.464 e. The third-order valence-corrected chi connectivity index (χ3v) is 2.03. The molecular weight excluding hydrogens is 222 g/mol. The maximum atomic E-state index is 11.3. The van der Waals surface area contributed by atoms with E-state index >= 15 is 0 Å². The fourth-order valence-corrected chi connectivity index (χ4v) is 0.928. The number of hydrogen-bond donors (Lipinski definition) is 1. The van der Waals surface area contributed by atoms with E-state index in [2.05, 4.69) is 5.32 Å². The summed E-state index contributed by atoms with van der Waals surface area (Å²) in [5.74, 6) is -0.338. The Labute approximate surface area is 103 Å². The van der Waals surface area contributed by atoms with E-state index in [1.54, 1.807) is 20.8 Å². The minimum absolute atomic E-state index is 0.100. The van der Waals surface area contributed by atoms with E-state index in [0.717, 1.165) is 6.42 Å². The molecule has 0 heterocycles. The SMILES string of the molecule is CCC(C)C(=O)OCCNC(=O)OC(C)(C)C. The smallest absolute Gasteiger partial charge is 0.407 e. The minimum Gasteiger partial charge on any atom is -0.464 e. The molecule has 100 valence electrons. The average Bonchev–Trinajstić information content (AvgIpc) is 2.20. The van der Waals surface area contributed by atoms with Crippen molar-refractivity contribution >= 4 is 12.1 Å². The average molecular weight is 245 g/mol. The predicted molar refractivity (Wildman–Crippen MR) is 64.7 cm³/mol. The van der Waals surface area contributed by atoms with Gasteiger partial charge in [0.05, 0.1) is 12.5 Å². The molecule has 0 aliphatic heterocycles. The van der Waals surface area contributed by atoms with Gasteiger partial charge in [0.1, 0.15) is 12.2 Å². The van der Waals surface area contributed by atoms with Gasteiger partial charge in [-0.05, 0) is 27.2 Å². The van der Waals surface area contributed by atoms with Crippen molar-refractivity contribution in [2.45, 2.75) is 46.6 Å². The second-order valence-corrected chi connectivity index (χ2v) is 4.91. The lowest BCUT2D eigenvalue weighted by Gasteiger charge is -2.19. The van der Waals surface area contributed by atoms with Gasteiger partial charge in [-0.15, -0.1) is 0 Å². The van der Waals surface area contributed by atoms with Crippen molar-refractivity contribution in [1.82, 2.24) is 5.32 Å². The van der Waals surface area contributed by atoms with Gasteiger partial charge in [-0.3, -0.25) is 4.79 Å². The zero-order chi connectivity index (χ0) is 13.5. The van der Waals surface area contributed by atoms with Crippen molar-refractivity contribution in [1.29, 1.82) is 0 Å². The fraction of sp³-hybridized carbons (Fsp3) is 0.833. The van der Waals surface area contributed by atoms with E-state index in [1.807, 2.05) is 13.8 Å². The molecule has 1 atom stereocenters. The first-order valence-electron chi connectivity index (χ1n) is 5.89. The molecule has 1 amide bonds. The molecule has 0 aliphatic carbocycles. The number of carbonyl (C=O) groups excluding carboxylic acids is 2. The Morgan fingerprint density at radius 1 is 1.29 bits per heavy atom. The Balaban J connectivity index is 3.65. The van der Waals surface area contributed by atoms with Crippen molar-refractivity contribution < 1.29 is 19.1 Å². The van der Waals surface area contributed by atoms with Gasteiger partial charge in [0.25, 0.3) is 0 Å². The number of hydrogen-bond acceptors (Lipinski definition) is 4. The molecule has 0 saturated heterocycles. The van der Waals surface area contributed by atoms with Crippen LogP contribution in [-0.4, -0.2) is 30.8 Å². The third-order valence-electron chi connectivity index (χ3n) is 2.03. The molecule has 1 N–H and O–H groups in total. The van der Waals surface area contributed by atoms with Gasteiger partial charge in [0.2, 0.25) is 0 Å². The number of esters is 1. The molecule has 0 fully saturated rings. The summed E-state index contributed by atoms with van der Waals surface area (Å²) in [5.41, 5.74) is -0.516. The first-order chi connectivity index (χ1) is 7.76. The van der Waals surface area contributed by atoms with E-state index in [9.17, 15) is 9.59 Å². The topological polar surface area (TPSA) is 64.6 Å². The van der Waals surface area contributed by atoms with E-state index in [0.29, 0.717) is 0 Å². The van der Waals surface area contributed by atoms with E-state index in [1.165, 1.54) is 0 Å². The molecule has 5 nitrogen and oxygen atoms in total. The van der Waals surface area contributed by atoms with Crippen molar-refractivity contribution in [2.24, 2.45) is 5.92 Å². The lowest BCUT2D eigenvalue weighted by Crippen LogP contribution is -2.34. The highest BCUT2D eigenvalue weighted by Gasteiger charge is 2.16. The van der Waals surface area contributed by atoms with Gasteiger partial charge in [-0.1, -0.05) is 13.8 Å². The predicted octanol–water partition coefficient (Wildman–Crippen LogP) is 2.10. The number of rotatable bonds is 5. The van der Waals surface area contributed by atoms with Crippen LogP contribution in [0.3, 0.4) is 0 Å². The van der Waals surface area contributed by atoms with Gasteiger partial charge >= 0.3 is 12.1 Å². The number of amides is 1. The van der Waals surface area contributed by atoms with Gasteiger partial charge in [0.15, 0.2) is 0 Å². The monoisotopic (exact) mass is 245 g/mol. The lowest BCUT2D eigenvalue weighted by molar-refractivity contribution is -0.147. The molecule has 0 aliphatic rings. The van der Waals surface area contributed by atoms with Crippen molar-refractivity contribution in [3.05, 3.63) is 0 Å². The number of nitrogens with one attached hydrogen (secondary N) is 1. The van der Waals surface area contributed by atoms with Crippen LogP contribution < -0.4 is 5.32 Å². The molecule has 0 radical (unpaired) electrons. The summed E-state index contributed by atoms with van der Waals surface area (Å²) in [6.07, 6.45) is 0.246. The van der Waals surface area contributed by atoms with Gasteiger partial charge in [-0.25, -0.2) is 4.79 Å². The van der Waals surface area contributed by atoms with Crippen LogP contribution in [0, 0.1) is 5.92 Å². The summed E-state index contributed by atoms with van der Waals surface area (Å²) in [6.45, 7) is 9.52. The first-order valence-corrected chi connectivity index (χ1v) is 5.89. The van der Waals surface area contributed by atoms with Gasteiger partial charge in [-0.2, -0.15) is 0 Å². The summed E-state index contributed by atoms with van der Waals surface area (Å²) in [7, 11) is 0. The van der Waals surface area contributed by atoms with Crippen LogP contribution in [0.4, 0.5) is 4.79 Å². The fourth-order valence-electron chi connectivity index (χ4n) is 0.928. The molecular formula is C12H23NO4. The van der Waals surface area contributed by atoms with E-state index in [-0.39, 0.29) is 25.0 Å². The van der Waals surface area contributed by atoms with Crippen molar-refractivity contribution in [3.63, 3.8) is 0 Å². The summed E-state index contributed by atoms with van der Waals surface area (Å²) in [4.78, 5) is 22.5. The third kappa shape index (κ3) is 8.54. The second kappa shape index (κ2) is 7.14. The number of ether oxygens (including phenoxy) is 2. The Morgan fingerprint density at radius 3 is 2.35 bits per heavy atom. The molecule has 0 aromatic heterocycles. The molecule has 0 aromatic rings. The highest BCUT2D eigenvalue weighted by molar-refractivity contribution is 5.72. The van der Waals surface area contributed by atoms with Crippen LogP contribution in [0.25, 0.3) is 0 Å². The van der Waals surface area contributed by atoms with Gasteiger partial charge in [0, 0.05) is 0 Å². The maximum Gasteiger partial charge on any atom is 0.407 e. The van der Waals surface area contributed by atoms with Crippen molar-refractivity contribution in [2.75, 3.05) is 13.2 Å². The normalized spacial score (nSPS) is 12.8. The highest BCUT2D eigenvalue weighted by Crippen LogP contribution is 2.06. The molecule has 0 rings (SSSR count). The molecule has 17 heavy (non-hydrogen) atoms. The van der Waals surface area contributed by atoms with E-state index < -0.39 is 11.7 Å². The molecule has 0 bridgehead atoms. The standard InChI is InChI=1S/C12H23NO4/c1-6-9(2)10(14)16-8-7-13-11(15)17-12(3,4)5/h9H,6-8H2,1-5H3,(H,13,15). The quantitative estimate of drug-likeness (QED) is 0.595. The van der Waals surface area contributed by atoms with Crippen LogP contribution in [0.2, 0.25) is 0 Å². The molecule has 1 unspecified atom stereocenters. The van der Waals surface area contributed by atoms with Crippen LogP contribution in [0.15, 0.2) is 0 Å². The Morgan fingerprint density at radius 2 is 1.88 bits per heavy atom. The minimum atomic E-state index is -0.516. The highest BCUT2D eigenvalue weighted by atomic mass is 16.6. The number of alkyl carbamates (subject to hydrolysis) is 1. The maximum absolute atomic E-state index is 11.3. The summed E-state index contributed by atoms with van der Waals surface area (Å²) in [5, 5.41) is 2.51. The molecule has 5 heteroatoms. The lowest BCUT2D eigenvalue weighted by atomic mass is 10.1. The molecule has 0 spiro atoms. The Bertz CT molecular complexity index is 258. The second-order valence-electron chi connectivity index (χ2n) is 4.91. The summed E-state index contributed by atoms with van der Waals surface area (Å²) >= 11 is 0. The van der Waals surface area contributed by atoms with Gasteiger partial charge < -0.3 is 14.8 Å². The summed E-state index contributed by atoms with van der Waals surface area (Å²) in [6, 6.07) is 0. The number of carbonyl (C=O) groups is 2. The van der Waals surface area contributed by atoms with Crippen molar-refractivity contribution in [3.8, 4) is 0 Å². The van der Waals surface area contributed by atoms with Crippen LogP contribution in [-0.2, 0) is 14.3 Å². The Kier molecular flexibility index (Phi) is 6.61. The zero-order valence-electron chi connectivity index (χ0n) is 11.3. The zero-order valence-corrected chi connectivity index (χ0v) is 11.3. The van der Waals surface area contributed by atoms with Crippen LogP contribution in [0.1, 0.15) is 41.0 Å². The first kappa shape index (κ1) is 15.7. The van der Waals surface area contributed by atoms with Crippen LogP contribution in [0.5, 0.6) is 0 Å². The molecule has 0 aromatic carbocycles. The van der Waals surface area contributed by atoms with Crippen LogP contribution >= 0.6 is 0 Å².